The smallest absolute Gasteiger partial charge is 0.320 e. The number of carboxylic acid groups (broad SMARTS) is 1. The first-order valence-corrected chi connectivity index (χ1v) is 4.54. The van der Waals surface area contributed by atoms with Gasteiger partial charge in [-0.05, 0) is 0 Å². The van der Waals surface area contributed by atoms with Crippen LogP contribution in [0.25, 0.3) is 0 Å². The molecule has 1 fully saturated rings. The van der Waals surface area contributed by atoms with Crippen molar-refractivity contribution in [2.24, 2.45) is 7.05 Å². The Morgan fingerprint density at radius 2 is 2.57 bits per heavy atom. The zero-order chi connectivity index (χ0) is 10.1. The molecule has 76 valence electrons. The van der Waals surface area contributed by atoms with E-state index in [1.165, 1.54) is 0 Å². The molecule has 0 spiro atoms. The Hall–Kier alpha value is -1.43. The monoisotopic (exact) mass is 197 g/mol. The van der Waals surface area contributed by atoms with Crippen molar-refractivity contribution in [1.82, 2.24) is 15.2 Å². The molecule has 0 aliphatic carbocycles. The Labute approximate surface area is 81.1 Å². The summed E-state index contributed by atoms with van der Waals surface area (Å²) in [4.78, 5) is 10.7. The minimum absolute atomic E-state index is 0.150. The number of carbonyl (C=O) groups is 1. The predicted molar refractivity (Wildman–Crippen MR) is 46.5 cm³/mol. The Bertz CT molecular complexity index is 349. The van der Waals surface area contributed by atoms with Gasteiger partial charge in [0.05, 0.1) is 5.21 Å². The van der Waals surface area contributed by atoms with Gasteiger partial charge in [-0.1, -0.05) is 0 Å². The van der Waals surface area contributed by atoms with Gasteiger partial charge in [0.2, 0.25) is 0 Å². The van der Waals surface area contributed by atoms with Crippen molar-refractivity contribution in [2.45, 2.75) is 18.5 Å². The van der Waals surface area contributed by atoms with E-state index in [1.54, 1.807) is 9.36 Å². The van der Waals surface area contributed by atoms with Crippen molar-refractivity contribution < 1.29 is 14.6 Å². The summed E-state index contributed by atoms with van der Waals surface area (Å²) in [6.07, 6.45) is 4.29. The molecule has 1 aromatic heterocycles. The Kier molecular flexibility index (Phi) is 2.20. The highest BCUT2D eigenvalue weighted by molar-refractivity contribution is 5.73. The van der Waals surface area contributed by atoms with Crippen LogP contribution in [0, 0.1) is 0 Å². The van der Waals surface area contributed by atoms with Crippen LogP contribution in [-0.4, -0.2) is 33.6 Å². The molecule has 2 atom stereocenters. The van der Waals surface area contributed by atoms with E-state index in [-0.39, 0.29) is 6.04 Å². The fourth-order valence-corrected chi connectivity index (χ4v) is 1.69. The highest BCUT2D eigenvalue weighted by Gasteiger charge is 2.33. The lowest BCUT2D eigenvalue weighted by Gasteiger charge is -2.01. The van der Waals surface area contributed by atoms with Crippen LogP contribution >= 0.6 is 0 Å². The van der Waals surface area contributed by atoms with Gasteiger partial charge in [0.25, 0.3) is 0 Å². The summed E-state index contributed by atoms with van der Waals surface area (Å²) < 4.78 is 3.50. The molecule has 6 heteroatoms. The summed E-state index contributed by atoms with van der Waals surface area (Å²) in [5.74, 6) is -0.788. The van der Waals surface area contributed by atoms with Gasteiger partial charge < -0.3 is 5.11 Å². The van der Waals surface area contributed by atoms with Crippen LogP contribution in [0.3, 0.4) is 0 Å². The van der Waals surface area contributed by atoms with Crippen LogP contribution in [0.1, 0.15) is 12.5 Å². The fraction of sp³-hybridized carbons (Fsp3) is 0.625. The molecule has 0 aromatic carbocycles. The largest absolute Gasteiger partial charge is 0.480 e. The molecule has 1 aliphatic rings. The maximum atomic E-state index is 10.7. The number of nitrogens with one attached hydrogen (secondary N) is 1. The topological polar surface area (TPSA) is 71.0 Å². The van der Waals surface area contributed by atoms with Crippen molar-refractivity contribution in [3.8, 4) is 0 Å². The standard InChI is InChI=1S/C8H12N4O2/c1-11-2-3-12(10-11)6-4-7(8(13)14)9-5-6/h2-3,6-7,9H,4-5H2,1H3/p+1/t6-,7-/m0/s1. The van der Waals surface area contributed by atoms with E-state index in [0.29, 0.717) is 13.0 Å². The van der Waals surface area contributed by atoms with Crippen molar-refractivity contribution in [2.75, 3.05) is 6.54 Å². The van der Waals surface area contributed by atoms with E-state index < -0.39 is 12.0 Å². The van der Waals surface area contributed by atoms with Gasteiger partial charge >= 0.3 is 5.97 Å². The molecule has 1 aliphatic heterocycles. The molecule has 1 saturated heterocycles. The summed E-state index contributed by atoms with van der Waals surface area (Å²) in [5.41, 5.74) is 0. The average molecular weight is 197 g/mol. The van der Waals surface area contributed by atoms with E-state index in [4.69, 9.17) is 5.11 Å². The SMILES string of the molecule is C[n+]1ccn([C@@H]2CN[C@H](C(=O)O)C2)n1. The van der Waals surface area contributed by atoms with Gasteiger partial charge in [-0.2, -0.15) is 0 Å². The Balaban J connectivity index is 2.05. The lowest BCUT2D eigenvalue weighted by atomic mass is 10.2. The second-order valence-corrected chi connectivity index (χ2v) is 3.53. The molecular formula is C8H13N4O2+. The second kappa shape index (κ2) is 3.38. The van der Waals surface area contributed by atoms with E-state index in [9.17, 15) is 4.79 Å². The lowest BCUT2D eigenvalue weighted by Crippen LogP contribution is -2.31. The van der Waals surface area contributed by atoms with Gasteiger partial charge in [0, 0.05) is 13.0 Å². The van der Waals surface area contributed by atoms with Gasteiger partial charge in [-0.3, -0.25) is 10.1 Å². The van der Waals surface area contributed by atoms with Crippen LogP contribution in [0.2, 0.25) is 0 Å². The van der Waals surface area contributed by atoms with Crippen LogP contribution in [-0.2, 0) is 11.8 Å². The summed E-state index contributed by atoms with van der Waals surface area (Å²) in [6, 6.07) is -0.285. The predicted octanol–water partition coefficient (Wildman–Crippen LogP) is -1.30. The van der Waals surface area contributed by atoms with Crippen molar-refractivity contribution >= 4 is 5.97 Å². The molecule has 2 heterocycles. The van der Waals surface area contributed by atoms with Crippen LogP contribution in [0.4, 0.5) is 0 Å². The number of hydrogen-bond acceptors (Lipinski definition) is 3. The molecule has 0 radical (unpaired) electrons. The van der Waals surface area contributed by atoms with Crippen LogP contribution in [0.15, 0.2) is 12.4 Å². The minimum Gasteiger partial charge on any atom is -0.480 e. The number of aromatic nitrogens is 3. The van der Waals surface area contributed by atoms with E-state index in [2.05, 4.69) is 10.5 Å². The summed E-state index contributed by atoms with van der Waals surface area (Å²) >= 11 is 0. The van der Waals surface area contributed by atoms with Crippen LogP contribution in [0.5, 0.6) is 0 Å². The zero-order valence-corrected chi connectivity index (χ0v) is 7.92. The molecule has 2 rings (SSSR count). The maximum Gasteiger partial charge on any atom is 0.320 e. The minimum atomic E-state index is -0.788. The summed E-state index contributed by atoms with van der Waals surface area (Å²) in [7, 11) is 1.84. The first kappa shape index (κ1) is 9.14. The fourth-order valence-electron chi connectivity index (χ4n) is 1.69. The van der Waals surface area contributed by atoms with Crippen LogP contribution < -0.4 is 10.00 Å². The number of carboxylic acids is 1. The number of nitrogens with zero attached hydrogens (tertiary/aromatic N) is 3. The highest BCUT2D eigenvalue weighted by Crippen LogP contribution is 2.17. The number of rotatable bonds is 2. The molecule has 2 N–H and O–H groups in total. The van der Waals surface area contributed by atoms with Gasteiger partial charge in [0.1, 0.15) is 19.1 Å². The molecular weight excluding hydrogens is 184 g/mol. The molecule has 0 unspecified atom stereocenters. The molecule has 0 amide bonds. The Morgan fingerprint density at radius 3 is 3.07 bits per heavy atom. The van der Waals surface area contributed by atoms with Gasteiger partial charge in [-0.25, -0.2) is 0 Å². The maximum absolute atomic E-state index is 10.7. The van der Waals surface area contributed by atoms with Crippen molar-refractivity contribution in [3.05, 3.63) is 12.4 Å². The zero-order valence-electron chi connectivity index (χ0n) is 7.92. The van der Waals surface area contributed by atoms with Gasteiger partial charge in [-0.15, -0.1) is 9.36 Å². The summed E-state index contributed by atoms with van der Waals surface area (Å²) in [6.45, 7) is 0.665. The number of hydrogen-bond donors (Lipinski definition) is 2. The normalized spacial score (nSPS) is 26.6. The van der Waals surface area contributed by atoms with Crippen molar-refractivity contribution in [1.29, 1.82) is 0 Å². The van der Waals surface area contributed by atoms with E-state index >= 15 is 0 Å². The van der Waals surface area contributed by atoms with Gasteiger partial charge in [0.15, 0.2) is 12.4 Å². The third-order valence-electron chi connectivity index (χ3n) is 2.46. The second-order valence-electron chi connectivity index (χ2n) is 3.53. The lowest BCUT2D eigenvalue weighted by molar-refractivity contribution is -0.732. The third-order valence-corrected chi connectivity index (χ3v) is 2.46. The molecule has 0 bridgehead atoms. The quantitative estimate of drug-likeness (QED) is 0.578. The molecule has 14 heavy (non-hydrogen) atoms. The van der Waals surface area contributed by atoms with Crippen molar-refractivity contribution in [3.63, 3.8) is 0 Å². The molecule has 6 nitrogen and oxygen atoms in total. The first-order valence-electron chi connectivity index (χ1n) is 4.54. The van der Waals surface area contributed by atoms with E-state index in [0.717, 1.165) is 0 Å². The summed E-state index contributed by atoms with van der Waals surface area (Å²) in [5, 5.41) is 15.9. The molecule has 1 aromatic rings. The third kappa shape index (κ3) is 1.60. The Morgan fingerprint density at radius 1 is 1.79 bits per heavy atom. The highest BCUT2D eigenvalue weighted by atomic mass is 16.4. The number of aliphatic carboxylic acids is 1. The first-order chi connectivity index (χ1) is 6.66. The number of aryl methyl sites for hydroxylation is 1. The molecule has 0 saturated carbocycles. The average Bonchev–Trinajstić information content (AvgIpc) is 2.70. The van der Waals surface area contributed by atoms with E-state index in [1.807, 2.05) is 19.4 Å².